The Morgan fingerprint density at radius 3 is 2.52 bits per heavy atom. The molecule has 0 bridgehead atoms. The predicted molar refractivity (Wildman–Crippen MR) is 152 cm³/mol. The van der Waals surface area contributed by atoms with E-state index < -0.39 is 4.92 Å². The minimum absolute atomic E-state index is 0.132. The molecule has 0 atom stereocenters. The van der Waals surface area contributed by atoms with Crippen molar-refractivity contribution in [2.45, 2.75) is 33.6 Å². The van der Waals surface area contributed by atoms with Crippen LogP contribution in [-0.4, -0.2) is 45.7 Å². The van der Waals surface area contributed by atoms with E-state index in [9.17, 15) is 19.7 Å². The predicted octanol–water partition coefficient (Wildman–Crippen LogP) is 6.73. The lowest BCUT2D eigenvalue weighted by molar-refractivity contribution is -0.385. The quantitative estimate of drug-likeness (QED) is 0.142. The number of thioether (sulfide) groups is 1. The molecule has 4 rings (SSSR count). The molecule has 208 valence electrons. The topological polar surface area (TPSA) is 121 Å². The number of nitrogens with zero attached hydrogens (tertiary/aromatic N) is 3. The fraction of sp³-hybridized carbons (Fsp3) is 0.276. The normalized spacial score (nSPS) is 14.2. The van der Waals surface area contributed by atoms with Crippen molar-refractivity contribution in [3.8, 4) is 23.1 Å². The minimum atomic E-state index is -0.543. The number of hydrogen-bond acceptors (Lipinski definition) is 9. The van der Waals surface area contributed by atoms with Gasteiger partial charge in [0, 0.05) is 12.1 Å². The highest BCUT2D eigenvalue weighted by Crippen LogP contribution is 2.36. The molecule has 10 nitrogen and oxygen atoms in total. The Morgan fingerprint density at radius 1 is 1.05 bits per heavy atom. The molecule has 2 heterocycles. The molecule has 1 aromatic heterocycles. The molecule has 0 unspecified atom stereocenters. The van der Waals surface area contributed by atoms with Crippen molar-refractivity contribution >= 4 is 34.7 Å². The Morgan fingerprint density at radius 2 is 1.85 bits per heavy atom. The van der Waals surface area contributed by atoms with Gasteiger partial charge in [0.25, 0.3) is 16.8 Å². The molecule has 3 aromatic rings. The number of carbonyl (C=O) groups excluding carboxylic acids is 2. The summed E-state index contributed by atoms with van der Waals surface area (Å²) in [6, 6.07) is 13.8. The third-order valence-corrected chi connectivity index (χ3v) is 6.86. The van der Waals surface area contributed by atoms with E-state index >= 15 is 0 Å². The molecule has 0 N–H and O–H groups in total. The number of carbonyl (C=O) groups is 2. The highest BCUT2D eigenvalue weighted by atomic mass is 32.2. The van der Waals surface area contributed by atoms with Crippen LogP contribution in [0.3, 0.4) is 0 Å². The highest BCUT2D eigenvalue weighted by Gasteiger charge is 2.35. The zero-order valence-electron chi connectivity index (χ0n) is 22.6. The van der Waals surface area contributed by atoms with Crippen molar-refractivity contribution in [2.75, 3.05) is 19.8 Å². The van der Waals surface area contributed by atoms with Gasteiger partial charge in [0.15, 0.2) is 11.5 Å². The molecule has 2 amide bonds. The third kappa shape index (κ3) is 6.78. The number of amides is 2. The first-order chi connectivity index (χ1) is 19.2. The maximum Gasteiger partial charge on any atom is 0.293 e. The zero-order valence-corrected chi connectivity index (χ0v) is 23.4. The molecule has 1 aliphatic heterocycles. The van der Waals surface area contributed by atoms with Crippen molar-refractivity contribution in [1.82, 2.24) is 9.88 Å². The van der Waals surface area contributed by atoms with Crippen LogP contribution in [0.1, 0.15) is 43.4 Å². The van der Waals surface area contributed by atoms with Gasteiger partial charge in [0.1, 0.15) is 18.6 Å². The van der Waals surface area contributed by atoms with Crippen LogP contribution in [0.25, 0.3) is 6.08 Å². The Balaban J connectivity index is 1.45. The lowest BCUT2D eigenvalue weighted by Gasteiger charge is -2.17. The smallest absolute Gasteiger partial charge is 0.293 e. The van der Waals surface area contributed by atoms with E-state index in [0.717, 1.165) is 34.8 Å². The monoisotopic (exact) mass is 563 g/mol. The fourth-order valence-electron chi connectivity index (χ4n) is 3.96. The maximum atomic E-state index is 13.0. The number of ether oxygens (including phenoxy) is 3. The summed E-state index contributed by atoms with van der Waals surface area (Å²) in [6.45, 7) is 8.64. The molecule has 40 heavy (non-hydrogen) atoms. The van der Waals surface area contributed by atoms with Gasteiger partial charge in [-0.05, 0) is 72.5 Å². The fourth-order valence-corrected chi connectivity index (χ4v) is 4.82. The second-order valence-corrected chi connectivity index (χ2v) is 10.2. The highest BCUT2D eigenvalue weighted by molar-refractivity contribution is 8.18. The first kappa shape index (κ1) is 28.6. The van der Waals surface area contributed by atoms with E-state index in [1.165, 1.54) is 17.0 Å². The summed E-state index contributed by atoms with van der Waals surface area (Å²) < 4.78 is 17.4. The van der Waals surface area contributed by atoms with Crippen LogP contribution in [0.2, 0.25) is 0 Å². The van der Waals surface area contributed by atoms with Gasteiger partial charge in [-0.15, -0.1) is 0 Å². The van der Waals surface area contributed by atoms with Crippen molar-refractivity contribution in [1.29, 1.82) is 0 Å². The van der Waals surface area contributed by atoms with E-state index in [4.69, 9.17) is 14.2 Å². The first-order valence-electron chi connectivity index (χ1n) is 12.7. The molecule has 0 spiro atoms. The molecule has 0 aliphatic carbocycles. The average molecular weight is 564 g/mol. The number of pyridine rings is 1. The standard InChI is InChI=1S/C29H29N3O7S/c1-5-37-25-15-20(7-10-23(25)39-27-11-8-21(17-30-27)32(35)36)16-26-28(33)31(29(34)40-26)12-13-38-24-14-19(4)6-9-22(24)18(2)3/h6-11,14-18H,5,12-13H2,1-4H3/b26-16-. The third-order valence-electron chi connectivity index (χ3n) is 5.95. The summed E-state index contributed by atoms with van der Waals surface area (Å²) in [6.07, 6.45) is 2.73. The van der Waals surface area contributed by atoms with Crippen LogP contribution in [0.5, 0.6) is 23.1 Å². The molecule has 0 radical (unpaired) electrons. The van der Waals surface area contributed by atoms with Crippen molar-refractivity contribution in [3.05, 3.63) is 86.4 Å². The molecular weight excluding hydrogens is 534 g/mol. The van der Waals surface area contributed by atoms with Crippen molar-refractivity contribution < 1.29 is 28.7 Å². The largest absolute Gasteiger partial charge is 0.491 e. The van der Waals surface area contributed by atoms with Gasteiger partial charge in [-0.2, -0.15) is 0 Å². The lowest BCUT2D eigenvalue weighted by atomic mass is 10.0. The lowest BCUT2D eigenvalue weighted by Crippen LogP contribution is -2.32. The van der Waals surface area contributed by atoms with Crippen molar-refractivity contribution in [3.63, 3.8) is 0 Å². The van der Waals surface area contributed by atoms with Gasteiger partial charge >= 0.3 is 0 Å². The number of aryl methyl sites for hydroxylation is 1. The van der Waals surface area contributed by atoms with E-state index in [0.29, 0.717) is 23.7 Å². The van der Waals surface area contributed by atoms with E-state index in [1.807, 2.05) is 32.0 Å². The van der Waals surface area contributed by atoms with Crippen LogP contribution in [-0.2, 0) is 4.79 Å². The number of rotatable bonds is 11. The molecule has 1 fully saturated rings. The van der Waals surface area contributed by atoms with Crippen LogP contribution in [0.15, 0.2) is 59.6 Å². The van der Waals surface area contributed by atoms with Gasteiger partial charge in [-0.1, -0.05) is 32.0 Å². The first-order valence-corrected chi connectivity index (χ1v) is 13.5. The van der Waals surface area contributed by atoms with Gasteiger partial charge in [-0.3, -0.25) is 24.6 Å². The van der Waals surface area contributed by atoms with Crippen LogP contribution in [0.4, 0.5) is 10.5 Å². The number of imide groups is 1. The summed E-state index contributed by atoms with van der Waals surface area (Å²) in [4.78, 5) is 41.4. The SMILES string of the molecule is CCOc1cc(/C=C2\SC(=O)N(CCOc3cc(C)ccc3C(C)C)C2=O)ccc1Oc1ccc([N+](=O)[O-])cn1. The maximum absolute atomic E-state index is 13.0. The minimum Gasteiger partial charge on any atom is -0.491 e. The summed E-state index contributed by atoms with van der Waals surface area (Å²) >= 11 is 0.869. The summed E-state index contributed by atoms with van der Waals surface area (Å²) in [5.41, 5.74) is 2.63. The molecule has 11 heteroatoms. The van der Waals surface area contributed by atoms with Crippen LogP contribution < -0.4 is 14.2 Å². The van der Waals surface area contributed by atoms with Crippen LogP contribution >= 0.6 is 11.8 Å². The Kier molecular flexibility index (Phi) is 9.05. The van der Waals surface area contributed by atoms with Crippen LogP contribution in [0, 0.1) is 17.0 Å². The molecule has 1 saturated heterocycles. The second-order valence-electron chi connectivity index (χ2n) is 9.23. The second kappa shape index (κ2) is 12.6. The van der Waals surface area contributed by atoms with E-state index in [2.05, 4.69) is 18.8 Å². The van der Waals surface area contributed by atoms with Gasteiger partial charge < -0.3 is 14.2 Å². The summed E-state index contributed by atoms with van der Waals surface area (Å²) in [5.74, 6) is 1.55. The number of benzene rings is 2. The summed E-state index contributed by atoms with van der Waals surface area (Å²) in [5, 5.41) is 10.5. The number of hydrogen-bond donors (Lipinski definition) is 0. The van der Waals surface area contributed by atoms with E-state index in [-0.39, 0.29) is 46.7 Å². The van der Waals surface area contributed by atoms with Gasteiger partial charge in [-0.25, -0.2) is 4.98 Å². The van der Waals surface area contributed by atoms with Gasteiger partial charge in [0.05, 0.1) is 23.0 Å². The molecular formula is C29H29N3O7S. The van der Waals surface area contributed by atoms with E-state index in [1.54, 1.807) is 24.3 Å². The number of nitro groups is 1. The van der Waals surface area contributed by atoms with Crippen molar-refractivity contribution in [2.24, 2.45) is 0 Å². The Hall–Kier alpha value is -4.38. The average Bonchev–Trinajstić information content (AvgIpc) is 3.17. The van der Waals surface area contributed by atoms with Gasteiger partial charge in [0.2, 0.25) is 5.88 Å². The molecule has 0 saturated carbocycles. The zero-order chi connectivity index (χ0) is 28.8. The Bertz CT molecular complexity index is 1450. The molecule has 1 aliphatic rings. The Labute approximate surface area is 236 Å². The summed E-state index contributed by atoms with van der Waals surface area (Å²) in [7, 11) is 0. The number of aromatic nitrogens is 1. The molecule has 2 aromatic carbocycles.